The Balaban J connectivity index is 1.97. The molecule has 4 rings (SSSR count). The number of methoxy groups -OCH3 is 3. The largest absolute Gasteiger partial charge is 0.507 e. The summed E-state index contributed by atoms with van der Waals surface area (Å²) in [6.07, 6.45) is 0. The molecule has 168 valence electrons. The number of aliphatic hydroxyl groups is 1. The minimum absolute atomic E-state index is 0.0127. The summed E-state index contributed by atoms with van der Waals surface area (Å²) in [6, 6.07) is 19.8. The highest BCUT2D eigenvalue weighted by Crippen LogP contribution is 2.44. The zero-order valence-electron chi connectivity index (χ0n) is 18.4. The van der Waals surface area contributed by atoms with Gasteiger partial charge in [-0.3, -0.25) is 14.5 Å². The van der Waals surface area contributed by atoms with Crippen molar-refractivity contribution >= 4 is 23.1 Å². The van der Waals surface area contributed by atoms with Crippen LogP contribution in [0.2, 0.25) is 0 Å². The number of ketones is 1. The van der Waals surface area contributed by atoms with E-state index in [-0.39, 0.29) is 11.3 Å². The molecule has 0 radical (unpaired) electrons. The third kappa shape index (κ3) is 3.89. The third-order valence-electron chi connectivity index (χ3n) is 5.55. The number of nitrogens with zero attached hydrogens (tertiary/aromatic N) is 1. The summed E-state index contributed by atoms with van der Waals surface area (Å²) in [7, 11) is 4.55. The molecule has 0 aliphatic carbocycles. The second kappa shape index (κ2) is 9.08. The fourth-order valence-electron chi connectivity index (χ4n) is 3.95. The molecule has 1 saturated heterocycles. The predicted octanol–water partition coefficient (Wildman–Crippen LogP) is 4.34. The highest BCUT2D eigenvalue weighted by Gasteiger charge is 2.47. The van der Waals surface area contributed by atoms with Crippen molar-refractivity contribution in [3.05, 3.63) is 89.5 Å². The maximum absolute atomic E-state index is 13.2. The van der Waals surface area contributed by atoms with Crippen molar-refractivity contribution in [2.24, 2.45) is 0 Å². The monoisotopic (exact) mass is 445 g/mol. The Morgan fingerprint density at radius 2 is 1.55 bits per heavy atom. The Morgan fingerprint density at radius 1 is 0.818 bits per heavy atom. The number of ether oxygens (including phenoxy) is 3. The average molecular weight is 445 g/mol. The number of Topliss-reactive ketones (excluding diaryl/α,β-unsaturated/α-hetero) is 1. The molecule has 1 N–H and O–H groups in total. The molecule has 1 fully saturated rings. The smallest absolute Gasteiger partial charge is 0.300 e. The van der Waals surface area contributed by atoms with Crippen LogP contribution < -0.4 is 19.1 Å². The molecule has 1 amide bonds. The van der Waals surface area contributed by atoms with E-state index < -0.39 is 17.7 Å². The van der Waals surface area contributed by atoms with E-state index >= 15 is 0 Å². The van der Waals surface area contributed by atoms with Crippen molar-refractivity contribution < 1.29 is 28.9 Å². The Morgan fingerprint density at radius 3 is 2.21 bits per heavy atom. The van der Waals surface area contributed by atoms with Crippen molar-refractivity contribution in [3.8, 4) is 17.2 Å². The fourth-order valence-corrected chi connectivity index (χ4v) is 3.95. The molecule has 1 heterocycles. The minimum Gasteiger partial charge on any atom is -0.507 e. The third-order valence-corrected chi connectivity index (χ3v) is 5.55. The Kier molecular flexibility index (Phi) is 6.04. The molecule has 3 aromatic rings. The van der Waals surface area contributed by atoms with Gasteiger partial charge >= 0.3 is 0 Å². The zero-order chi connectivity index (χ0) is 23.5. The first kappa shape index (κ1) is 22.0. The number of rotatable bonds is 6. The normalized spacial score (nSPS) is 17.2. The number of hydrogen-bond acceptors (Lipinski definition) is 6. The molecule has 0 saturated carbocycles. The summed E-state index contributed by atoms with van der Waals surface area (Å²) in [5, 5.41) is 11.1. The van der Waals surface area contributed by atoms with Crippen LogP contribution in [0.25, 0.3) is 5.76 Å². The molecule has 0 spiro atoms. The number of amides is 1. The van der Waals surface area contributed by atoms with Crippen LogP contribution in [0.5, 0.6) is 17.2 Å². The highest BCUT2D eigenvalue weighted by molar-refractivity contribution is 6.51. The second-order valence-corrected chi connectivity index (χ2v) is 7.35. The minimum atomic E-state index is -0.892. The molecule has 1 unspecified atom stereocenters. The zero-order valence-corrected chi connectivity index (χ0v) is 18.4. The molecule has 33 heavy (non-hydrogen) atoms. The lowest BCUT2D eigenvalue weighted by Gasteiger charge is -2.26. The van der Waals surface area contributed by atoms with E-state index in [4.69, 9.17) is 14.2 Å². The van der Waals surface area contributed by atoms with Crippen LogP contribution in [0, 0.1) is 0 Å². The number of carbonyl (C=O) groups is 2. The van der Waals surface area contributed by atoms with E-state index in [1.54, 1.807) is 72.8 Å². The van der Waals surface area contributed by atoms with Gasteiger partial charge in [-0.05, 0) is 29.8 Å². The lowest BCUT2D eigenvalue weighted by Crippen LogP contribution is -2.29. The maximum atomic E-state index is 13.2. The van der Waals surface area contributed by atoms with Gasteiger partial charge in [0.25, 0.3) is 11.7 Å². The van der Waals surface area contributed by atoms with Gasteiger partial charge in [0, 0.05) is 17.3 Å². The summed E-state index contributed by atoms with van der Waals surface area (Å²) in [6.45, 7) is 0. The topological polar surface area (TPSA) is 85.3 Å². The maximum Gasteiger partial charge on any atom is 0.300 e. The van der Waals surface area contributed by atoms with E-state index in [1.807, 2.05) is 0 Å². The van der Waals surface area contributed by atoms with Gasteiger partial charge in [0.05, 0.1) is 32.9 Å². The quantitative estimate of drug-likeness (QED) is 0.345. The molecule has 7 heteroatoms. The van der Waals surface area contributed by atoms with E-state index in [2.05, 4.69) is 0 Å². The van der Waals surface area contributed by atoms with Crippen molar-refractivity contribution in [3.63, 3.8) is 0 Å². The average Bonchev–Trinajstić information content (AvgIpc) is 3.13. The molecular weight excluding hydrogens is 422 g/mol. The lowest BCUT2D eigenvalue weighted by molar-refractivity contribution is -0.132. The summed E-state index contributed by atoms with van der Waals surface area (Å²) in [5.74, 6) is -0.310. The van der Waals surface area contributed by atoms with E-state index in [9.17, 15) is 14.7 Å². The van der Waals surface area contributed by atoms with Gasteiger partial charge in [-0.15, -0.1) is 0 Å². The molecule has 7 nitrogen and oxygen atoms in total. The second-order valence-electron chi connectivity index (χ2n) is 7.35. The van der Waals surface area contributed by atoms with Crippen LogP contribution in [-0.4, -0.2) is 38.1 Å². The Bertz CT molecular complexity index is 1230. The van der Waals surface area contributed by atoms with Crippen molar-refractivity contribution in [2.75, 3.05) is 26.2 Å². The molecular formula is C26H23NO6. The van der Waals surface area contributed by atoms with Crippen LogP contribution in [-0.2, 0) is 9.59 Å². The van der Waals surface area contributed by atoms with Crippen molar-refractivity contribution in [1.29, 1.82) is 0 Å². The Hall–Kier alpha value is -4.26. The molecule has 3 aromatic carbocycles. The van der Waals surface area contributed by atoms with Crippen LogP contribution in [0.4, 0.5) is 5.69 Å². The number of benzene rings is 3. The van der Waals surface area contributed by atoms with Crippen LogP contribution >= 0.6 is 0 Å². The summed E-state index contributed by atoms with van der Waals surface area (Å²) in [5.41, 5.74) is 1.46. The standard InChI is InChI=1S/C26H23NO6/c1-31-19-11-7-10-18(15-19)27-23(17-12-13-20(32-2)21(14-17)33-3)22(25(29)26(27)30)24(28)16-8-5-4-6-9-16/h4-15,23,28H,1-3H3. The van der Waals surface area contributed by atoms with Gasteiger partial charge in [0.1, 0.15) is 11.5 Å². The van der Waals surface area contributed by atoms with E-state index in [0.717, 1.165) is 0 Å². The first-order valence-electron chi connectivity index (χ1n) is 10.2. The summed E-state index contributed by atoms with van der Waals surface area (Å²) >= 11 is 0. The summed E-state index contributed by atoms with van der Waals surface area (Å²) < 4.78 is 16.1. The first-order chi connectivity index (χ1) is 16.0. The van der Waals surface area contributed by atoms with Crippen LogP contribution in [0.3, 0.4) is 0 Å². The van der Waals surface area contributed by atoms with Crippen molar-refractivity contribution in [1.82, 2.24) is 0 Å². The van der Waals surface area contributed by atoms with Gasteiger partial charge in [0.15, 0.2) is 11.5 Å². The van der Waals surface area contributed by atoms with E-state index in [1.165, 1.54) is 26.2 Å². The van der Waals surface area contributed by atoms with Crippen molar-refractivity contribution in [2.45, 2.75) is 6.04 Å². The van der Waals surface area contributed by atoms with Gasteiger partial charge in [-0.25, -0.2) is 0 Å². The first-order valence-corrected chi connectivity index (χ1v) is 10.2. The fraction of sp³-hybridized carbons (Fsp3) is 0.154. The van der Waals surface area contributed by atoms with Gasteiger partial charge in [0.2, 0.25) is 0 Å². The molecule has 1 aliphatic rings. The predicted molar refractivity (Wildman–Crippen MR) is 124 cm³/mol. The molecule has 0 bridgehead atoms. The van der Waals surface area contributed by atoms with Gasteiger partial charge in [-0.1, -0.05) is 42.5 Å². The molecule has 1 atom stereocenters. The van der Waals surface area contributed by atoms with Gasteiger partial charge in [-0.2, -0.15) is 0 Å². The van der Waals surface area contributed by atoms with Gasteiger partial charge < -0.3 is 19.3 Å². The van der Waals surface area contributed by atoms with E-state index in [0.29, 0.717) is 34.1 Å². The number of hydrogen-bond donors (Lipinski definition) is 1. The lowest BCUT2D eigenvalue weighted by atomic mass is 9.94. The SMILES string of the molecule is COc1cccc(N2C(=O)C(=O)C(=C(O)c3ccccc3)C2c2ccc(OC)c(OC)c2)c1. The molecule has 1 aliphatic heterocycles. The summed E-state index contributed by atoms with van der Waals surface area (Å²) in [4.78, 5) is 27.8. The number of anilines is 1. The van der Waals surface area contributed by atoms with Crippen LogP contribution in [0.1, 0.15) is 17.2 Å². The highest BCUT2D eigenvalue weighted by atomic mass is 16.5. The number of carbonyl (C=O) groups excluding carboxylic acids is 2. The number of aliphatic hydroxyl groups excluding tert-OH is 1. The Labute approximate surface area is 191 Å². The van der Waals surface area contributed by atoms with Crippen LogP contribution in [0.15, 0.2) is 78.4 Å². The molecule has 0 aromatic heterocycles.